The standard InChI is InChI=1S/C16H22N2O7S/c1-10-8-17(9-13(24-10)16(20)21)15(19)12-7-14(11(2)25-12)26(22,23)18-5-3-4-6-18/h7,10,13H,3-6,8-9H2,1-2H3,(H,20,21)/t10-,13?/m1/s1. The minimum atomic E-state index is -3.70. The van der Waals surface area contributed by atoms with Crippen LogP contribution in [0, 0.1) is 6.92 Å². The Balaban J connectivity index is 1.84. The van der Waals surface area contributed by atoms with Crippen molar-refractivity contribution in [3.05, 3.63) is 17.6 Å². The minimum Gasteiger partial charge on any atom is -0.479 e. The van der Waals surface area contributed by atoms with Crippen molar-refractivity contribution in [1.82, 2.24) is 9.21 Å². The van der Waals surface area contributed by atoms with Gasteiger partial charge in [0.1, 0.15) is 10.7 Å². The van der Waals surface area contributed by atoms with Crippen LogP contribution in [-0.4, -0.2) is 73.0 Å². The number of furan rings is 1. The van der Waals surface area contributed by atoms with Crippen molar-refractivity contribution in [2.75, 3.05) is 26.2 Å². The quantitative estimate of drug-likeness (QED) is 0.809. The van der Waals surface area contributed by atoms with Gasteiger partial charge in [0.15, 0.2) is 11.9 Å². The van der Waals surface area contributed by atoms with Crippen LogP contribution in [0.2, 0.25) is 0 Å². The number of rotatable bonds is 4. The lowest BCUT2D eigenvalue weighted by Gasteiger charge is -2.34. The van der Waals surface area contributed by atoms with Crippen LogP contribution in [0.1, 0.15) is 36.1 Å². The van der Waals surface area contributed by atoms with E-state index in [9.17, 15) is 18.0 Å². The summed E-state index contributed by atoms with van der Waals surface area (Å²) in [6.07, 6.45) is 0.0538. The number of ether oxygens (including phenoxy) is 1. The van der Waals surface area contributed by atoms with Gasteiger partial charge in [0.25, 0.3) is 5.91 Å². The molecule has 1 aromatic rings. The Kier molecular flexibility index (Phi) is 5.09. The van der Waals surface area contributed by atoms with Crippen LogP contribution in [0.3, 0.4) is 0 Å². The van der Waals surface area contributed by atoms with Crippen molar-refractivity contribution in [2.45, 2.75) is 43.8 Å². The number of carboxylic acids is 1. The predicted molar refractivity (Wildman–Crippen MR) is 89.3 cm³/mol. The highest BCUT2D eigenvalue weighted by Gasteiger charge is 2.36. The summed E-state index contributed by atoms with van der Waals surface area (Å²) < 4.78 is 37.5. The van der Waals surface area contributed by atoms with E-state index >= 15 is 0 Å². The van der Waals surface area contributed by atoms with E-state index in [4.69, 9.17) is 14.3 Å². The smallest absolute Gasteiger partial charge is 0.334 e. The first kappa shape index (κ1) is 18.9. The van der Waals surface area contributed by atoms with E-state index in [0.29, 0.717) is 13.1 Å². The van der Waals surface area contributed by atoms with Gasteiger partial charge in [-0.3, -0.25) is 4.79 Å². The third kappa shape index (κ3) is 3.49. The molecule has 3 heterocycles. The molecule has 144 valence electrons. The van der Waals surface area contributed by atoms with Crippen molar-refractivity contribution in [3.63, 3.8) is 0 Å². The molecule has 2 atom stereocenters. The molecule has 1 aromatic heterocycles. The number of morpholine rings is 1. The molecule has 1 amide bonds. The first-order chi connectivity index (χ1) is 12.2. The van der Waals surface area contributed by atoms with Crippen molar-refractivity contribution < 1.29 is 32.3 Å². The molecule has 2 aliphatic rings. The molecular formula is C16H22N2O7S. The van der Waals surface area contributed by atoms with Crippen molar-refractivity contribution in [1.29, 1.82) is 0 Å². The second kappa shape index (κ2) is 7.01. The zero-order valence-electron chi connectivity index (χ0n) is 14.7. The minimum absolute atomic E-state index is 0.0150. The zero-order chi connectivity index (χ0) is 19.1. The van der Waals surface area contributed by atoms with Crippen LogP contribution in [0.4, 0.5) is 0 Å². The van der Waals surface area contributed by atoms with E-state index in [1.165, 1.54) is 22.2 Å². The fraction of sp³-hybridized carbons (Fsp3) is 0.625. The van der Waals surface area contributed by atoms with E-state index < -0.39 is 34.1 Å². The van der Waals surface area contributed by atoms with Crippen LogP contribution in [0.15, 0.2) is 15.4 Å². The molecule has 1 N–H and O–H groups in total. The molecule has 0 saturated carbocycles. The molecule has 0 aromatic carbocycles. The van der Waals surface area contributed by atoms with Crippen LogP contribution in [-0.2, 0) is 19.6 Å². The fourth-order valence-electron chi connectivity index (χ4n) is 3.30. The highest BCUT2D eigenvalue weighted by Crippen LogP contribution is 2.27. The van der Waals surface area contributed by atoms with Crippen LogP contribution in [0.25, 0.3) is 0 Å². The molecule has 10 heteroatoms. The molecule has 9 nitrogen and oxygen atoms in total. The van der Waals surface area contributed by atoms with Gasteiger partial charge in [-0.1, -0.05) is 0 Å². The average molecular weight is 386 g/mol. The molecule has 2 fully saturated rings. The van der Waals surface area contributed by atoms with E-state index in [2.05, 4.69) is 0 Å². The molecule has 26 heavy (non-hydrogen) atoms. The van der Waals surface area contributed by atoms with Gasteiger partial charge in [-0.15, -0.1) is 0 Å². The number of sulfonamides is 1. The lowest BCUT2D eigenvalue weighted by Crippen LogP contribution is -2.51. The number of aliphatic carboxylic acids is 1. The maximum Gasteiger partial charge on any atom is 0.334 e. The summed E-state index contributed by atoms with van der Waals surface area (Å²) in [6, 6.07) is 1.24. The summed E-state index contributed by atoms with van der Waals surface area (Å²) >= 11 is 0. The average Bonchev–Trinajstić information content (AvgIpc) is 3.23. The fourth-order valence-corrected chi connectivity index (χ4v) is 4.98. The van der Waals surface area contributed by atoms with Crippen LogP contribution < -0.4 is 0 Å². The summed E-state index contributed by atoms with van der Waals surface area (Å²) in [4.78, 5) is 25.2. The van der Waals surface area contributed by atoms with Gasteiger partial charge in [0.2, 0.25) is 10.0 Å². The van der Waals surface area contributed by atoms with E-state index in [1.807, 2.05) is 0 Å². The van der Waals surface area contributed by atoms with Crippen LogP contribution in [0.5, 0.6) is 0 Å². The van der Waals surface area contributed by atoms with Crippen molar-refractivity contribution >= 4 is 21.9 Å². The Morgan fingerprint density at radius 3 is 2.50 bits per heavy atom. The topological polar surface area (TPSA) is 117 Å². The second-order valence-electron chi connectivity index (χ2n) is 6.63. The Morgan fingerprint density at radius 2 is 1.88 bits per heavy atom. The van der Waals surface area contributed by atoms with E-state index in [0.717, 1.165) is 12.8 Å². The van der Waals surface area contributed by atoms with Gasteiger partial charge in [0, 0.05) is 25.7 Å². The van der Waals surface area contributed by atoms with Gasteiger partial charge < -0.3 is 19.2 Å². The monoisotopic (exact) mass is 386 g/mol. The lowest BCUT2D eigenvalue weighted by molar-refractivity contribution is -0.160. The maximum absolute atomic E-state index is 12.7. The van der Waals surface area contributed by atoms with E-state index in [1.54, 1.807) is 6.92 Å². The summed E-state index contributed by atoms with van der Waals surface area (Å²) in [6.45, 7) is 4.17. The van der Waals surface area contributed by atoms with Gasteiger partial charge in [-0.05, 0) is 26.7 Å². The van der Waals surface area contributed by atoms with Gasteiger partial charge in [0.05, 0.1) is 12.6 Å². The SMILES string of the molecule is Cc1oc(C(=O)N2CC(C(=O)O)O[C@H](C)C2)cc1S(=O)(=O)N1CCCC1. The molecule has 2 aliphatic heterocycles. The third-order valence-corrected chi connectivity index (χ3v) is 6.59. The van der Waals surface area contributed by atoms with Gasteiger partial charge in [-0.2, -0.15) is 4.31 Å². The maximum atomic E-state index is 12.7. The zero-order valence-corrected chi connectivity index (χ0v) is 15.5. The molecule has 2 saturated heterocycles. The summed E-state index contributed by atoms with van der Waals surface area (Å²) in [5, 5.41) is 9.13. The molecule has 0 bridgehead atoms. The Labute approximate surface area is 151 Å². The largest absolute Gasteiger partial charge is 0.479 e. The molecule has 0 aliphatic carbocycles. The highest BCUT2D eigenvalue weighted by atomic mass is 32.2. The first-order valence-electron chi connectivity index (χ1n) is 8.48. The number of carbonyl (C=O) groups is 2. The van der Waals surface area contributed by atoms with Crippen LogP contribution >= 0.6 is 0 Å². The molecule has 0 radical (unpaired) electrons. The van der Waals surface area contributed by atoms with E-state index in [-0.39, 0.29) is 29.5 Å². The lowest BCUT2D eigenvalue weighted by atomic mass is 10.2. The number of hydrogen-bond donors (Lipinski definition) is 1. The van der Waals surface area contributed by atoms with Crippen molar-refractivity contribution in [3.8, 4) is 0 Å². The molecule has 0 spiro atoms. The highest BCUT2D eigenvalue weighted by molar-refractivity contribution is 7.89. The number of carboxylic acid groups (broad SMARTS) is 1. The molecular weight excluding hydrogens is 364 g/mol. The number of aryl methyl sites for hydroxylation is 1. The molecule has 1 unspecified atom stereocenters. The third-order valence-electron chi connectivity index (χ3n) is 4.59. The van der Waals surface area contributed by atoms with Gasteiger partial charge >= 0.3 is 5.97 Å². The normalized spacial score (nSPS) is 24.8. The summed E-state index contributed by atoms with van der Waals surface area (Å²) in [7, 11) is -3.70. The second-order valence-corrected chi connectivity index (χ2v) is 8.53. The predicted octanol–water partition coefficient (Wildman–Crippen LogP) is 0.687. The Hall–Kier alpha value is -1.91. The first-order valence-corrected chi connectivity index (χ1v) is 9.92. The number of carbonyl (C=O) groups excluding carboxylic acids is 1. The summed E-state index contributed by atoms with van der Waals surface area (Å²) in [5.74, 6) is -1.66. The number of amides is 1. The summed E-state index contributed by atoms with van der Waals surface area (Å²) in [5.41, 5.74) is 0. The molecule has 3 rings (SSSR count). The van der Waals surface area contributed by atoms with Crippen molar-refractivity contribution in [2.24, 2.45) is 0 Å². The van der Waals surface area contributed by atoms with Gasteiger partial charge in [-0.25, -0.2) is 13.2 Å². The number of hydrogen-bond acceptors (Lipinski definition) is 6. The Morgan fingerprint density at radius 1 is 1.23 bits per heavy atom. The number of nitrogens with zero attached hydrogens (tertiary/aromatic N) is 2. The Bertz CT molecular complexity index is 811.